The minimum atomic E-state index is -0.995. The summed E-state index contributed by atoms with van der Waals surface area (Å²) in [6, 6.07) is 8.46. The zero-order chi connectivity index (χ0) is 14.3. The monoisotopic (exact) mass is 287 g/mol. The Labute approximate surface area is 119 Å². The van der Waals surface area contributed by atoms with Crippen molar-refractivity contribution < 1.29 is 14.3 Å². The fraction of sp³-hybridized carbons (Fsp3) is 0.0667. The van der Waals surface area contributed by atoms with Gasteiger partial charge < -0.3 is 9.52 Å². The molecule has 0 aliphatic carbocycles. The molecule has 5 heteroatoms. The van der Waals surface area contributed by atoms with Crippen molar-refractivity contribution in [2.75, 3.05) is 0 Å². The lowest BCUT2D eigenvalue weighted by Gasteiger charge is -2.10. The lowest BCUT2D eigenvalue weighted by atomic mass is 10.0. The number of aromatic carboxylic acids is 1. The van der Waals surface area contributed by atoms with E-state index in [2.05, 4.69) is 4.98 Å². The molecule has 1 N–H and O–H groups in total. The van der Waals surface area contributed by atoms with Crippen LogP contribution >= 0.6 is 11.6 Å². The first kappa shape index (κ1) is 12.7. The maximum atomic E-state index is 11.6. The summed E-state index contributed by atoms with van der Waals surface area (Å²) in [5, 5.41) is 10.5. The smallest absolute Gasteiger partial charge is 0.336 e. The molecule has 0 aliphatic heterocycles. The highest BCUT2D eigenvalue weighted by atomic mass is 35.5. The number of aromatic nitrogens is 1. The first-order chi connectivity index (χ1) is 9.58. The number of halogens is 1. The summed E-state index contributed by atoms with van der Waals surface area (Å²) < 4.78 is 5.33. The lowest BCUT2D eigenvalue weighted by molar-refractivity contribution is 0.0698. The van der Waals surface area contributed by atoms with E-state index in [0.717, 1.165) is 0 Å². The van der Waals surface area contributed by atoms with Gasteiger partial charge >= 0.3 is 5.97 Å². The summed E-state index contributed by atoms with van der Waals surface area (Å²) >= 11 is 5.96. The number of carboxylic acid groups (broad SMARTS) is 1. The summed E-state index contributed by atoms with van der Waals surface area (Å²) in [7, 11) is 0. The van der Waals surface area contributed by atoms with Gasteiger partial charge in [0.15, 0.2) is 5.76 Å². The molecule has 3 rings (SSSR count). The van der Waals surface area contributed by atoms with E-state index in [-0.39, 0.29) is 5.56 Å². The van der Waals surface area contributed by atoms with Crippen molar-refractivity contribution in [3.8, 4) is 11.5 Å². The van der Waals surface area contributed by atoms with Crippen LogP contribution in [-0.4, -0.2) is 16.1 Å². The van der Waals surface area contributed by atoms with E-state index in [1.807, 2.05) is 0 Å². The fourth-order valence-corrected chi connectivity index (χ4v) is 2.43. The van der Waals surface area contributed by atoms with Gasteiger partial charge in [0.1, 0.15) is 5.69 Å². The fourth-order valence-electron chi connectivity index (χ4n) is 2.26. The third-order valence-electron chi connectivity index (χ3n) is 3.16. The Bertz CT molecular complexity index is 810. The number of carboxylic acids is 1. The minimum absolute atomic E-state index is 0.220. The van der Waals surface area contributed by atoms with Crippen LogP contribution < -0.4 is 0 Å². The molecule has 0 saturated heterocycles. The van der Waals surface area contributed by atoms with Gasteiger partial charge in [-0.1, -0.05) is 17.7 Å². The highest BCUT2D eigenvalue weighted by Gasteiger charge is 2.19. The molecule has 0 saturated carbocycles. The number of pyridine rings is 1. The van der Waals surface area contributed by atoms with Crippen LogP contribution in [0.15, 0.2) is 41.0 Å². The number of fused-ring (bicyclic) bond motifs is 1. The second kappa shape index (κ2) is 4.65. The zero-order valence-electron chi connectivity index (χ0n) is 10.6. The Kier molecular flexibility index (Phi) is 2.95. The summed E-state index contributed by atoms with van der Waals surface area (Å²) in [6.07, 6.45) is 1.53. The molecular formula is C15H10ClNO3. The van der Waals surface area contributed by atoms with Crippen molar-refractivity contribution >= 4 is 28.5 Å². The molecule has 2 heterocycles. The third-order valence-corrected chi connectivity index (χ3v) is 3.40. The van der Waals surface area contributed by atoms with Crippen LogP contribution in [0.5, 0.6) is 0 Å². The average molecular weight is 288 g/mol. The molecule has 0 radical (unpaired) electrons. The van der Waals surface area contributed by atoms with E-state index in [4.69, 9.17) is 16.0 Å². The van der Waals surface area contributed by atoms with Crippen LogP contribution in [0.2, 0.25) is 5.02 Å². The van der Waals surface area contributed by atoms with E-state index in [1.165, 1.54) is 6.26 Å². The van der Waals surface area contributed by atoms with Crippen LogP contribution in [-0.2, 0) is 0 Å². The Morgan fingerprint density at radius 2 is 2.15 bits per heavy atom. The maximum absolute atomic E-state index is 11.6. The van der Waals surface area contributed by atoms with Crippen LogP contribution in [0.3, 0.4) is 0 Å². The van der Waals surface area contributed by atoms with Crippen molar-refractivity contribution in [1.29, 1.82) is 0 Å². The van der Waals surface area contributed by atoms with Crippen molar-refractivity contribution in [1.82, 2.24) is 4.98 Å². The number of furan rings is 1. The van der Waals surface area contributed by atoms with Crippen LogP contribution in [0.4, 0.5) is 0 Å². The zero-order valence-corrected chi connectivity index (χ0v) is 11.3. The number of rotatable bonds is 2. The first-order valence-electron chi connectivity index (χ1n) is 5.95. The molecule has 0 fully saturated rings. The van der Waals surface area contributed by atoms with Gasteiger partial charge in [-0.05, 0) is 36.8 Å². The quantitative estimate of drug-likeness (QED) is 0.769. The normalized spacial score (nSPS) is 10.9. The predicted molar refractivity (Wildman–Crippen MR) is 76.2 cm³/mol. The van der Waals surface area contributed by atoms with Gasteiger partial charge in [0, 0.05) is 10.4 Å². The molecule has 0 spiro atoms. The van der Waals surface area contributed by atoms with Gasteiger partial charge in [0.25, 0.3) is 0 Å². The Morgan fingerprint density at radius 1 is 1.35 bits per heavy atom. The number of nitrogens with zero attached hydrogens (tertiary/aromatic N) is 1. The second-order valence-corrected chi connectivity index (χ2v) is 4.84. The molecule has 100 valence electrons. The molecule has 0 aliphatic rings. The molecule has 0 amide bonds. The number of hydrogen-bond acceptors (Lipinski definition) is 3. The number of carbonyl (C=O) groups is 1. The standard InChI is InChI=1S/C15H10ClNO3/c1-8-13(15(18)19)10-5-4-9(16)7-11(10)17-14(8)12-3-2-6-20-12/h2-7H,1H3,(H,18,19). The van der Waals surface area contributed by atoms with Gasteiger partial charge in [-0.25, -0.2) is 9.78 Å². The number of benzene rings is 1. The molecule has 3 aromatic rings. The van der Waals surface area contributed by atoms with Crippen molar-refractivity contribution in [3.05, 3.63) is 52.7 Å². The molecule has 2 aromatic heterocycles. The number of hydrogen-bond donors (Lipinski definition) is 1. The van der Waals surface area contributed by atoms with Crippen LogP contribution in [0.1, 0.15) is 15.9 Å². The largest absolute Gasteiger partial charge is 0.478 e. The highest BCUT2D eigenvalue weighted by molar-refractivity contribution is 6.31. The van der Waals surface area contributed by atoms with Crippen molar-refractivity contribution in [2.45, 2.75) is 6.92 Å². The summed E-state index contributed by atoms with van der Waals surface area (Å²) in [6.45, 7) is 1.72. The maximum Gasteiger partial charge on any atom is 0.336 e. The first-order valence-corrected chi connectivity index (χ1v) is 6.33. The Morgan fingerprint density at radius 3 is 2.80 bits per heavy atom. The van der Waals surface area contributed by atoms with Crippen LogP contribution in [0.25, 0.3) is 22.4 Å². The summed E-state index contributed by atoms with van der Waals surface area (Å²) in [5.41, 5.74) is 1.84. The summed E-state index contributed by atoms with van der Waals surface area (Å²) in [5.74, 6) is -0.461. The molecular weight excluding hydrogens is 278 g/mol. The Hall–Kier alpha value is -2.33. The molecule has 20 heavy (non-hydrogen) atoms. The van der Waals surface area contributed by atoms with Gasteiger partial charge in [0.2, 0.25) is 0 Å². The average Bonchev–Trinajstić information content (AvgIpc) is 2.91. The van der Waals surface area contributed by atoms with E-state index < -0.39 is 5.97 Å². The van der Waals surface area contributed by atoms with Gasteiger partial charge in [-0.3, -0.25) is 0 Å². The molecule has 1 aromatic carbocycles. The molecule has 0 bridgehead atoms. The van der Waals surface area contributed by atoms with Crippen molar-refractivity contribution in [3.63, 3.8) is 0 Å². The van der Waals surface area contributed by atoms with E-state index in [1.54, 1.807) is 37.3 Å². The predicted octanol–water partition coefficient (Wildman–Crippen LogP) is 4.15. The Balaban J connectivity index is 2.43. The SMILES string of the molecule is Cc1c(-c2ccco2)nc2cc(Cl)ccc2c1C(=O)O. The van der Waals surface area contributed by atoms with E-state index in [0.29, 0.717) is 32.9 Å². The molecule has 0 unspecified atom stereocenters. The van der Waals surface area contributed by atoms with Crippen molar-refractivity contribution in [2.24, 2.45) is 0 Å². The highest BCUT2D eigenvalue weighted by Crippen LogP contribution is 2.31. The molecule has 4 nitrogen and oxygen atoms in total. The third kappa shape index (κ3) is 1.94. The van der Waals surface area contributed by atoms with Gasteiger partial charge in [-0.15, -0.1) is 0 Å². The molecule has 0 atom stereocenters. The van der Waals surface area contributed by atoms with Gasteiger partial charge in [-0.2, -0.15) is 0 Å². The summed E-state index contributed by atoms with van der Waals surface area (Å²) in [4.78, 5) is 16.0. The van der Waals surface area contributed by atoms with Gasteiger partial charge in [0.05, 0.1) is 17.3 Å². The van der Waals surface area contributed by atoms with Crippen LogP contribution in [0, 0.1) is 6.92 Å². The minimum Gasteiger partial charge on any atom is -0.478 e. The second-order valence-electron chi connectivity index (χ2n) is 4.40. The van der Waals surface area contributed by atoms with E-state index >= 15 is 0 Å². The topological polar surface area (TPSA) is 63.3 Å². The lowest BCUT2D eigenvalue weighted by Crippen LogP contribution is -2.04. The van der Waals surface area contributed by atoms with E-state index in [9.17, 15) is 9.90 Å².